The van der Waals surface area contributed by atoms with Crippen LogP contribution in [-0.2, 0) is 0 Å². The van der Waals surface area contributed by atoms with Crippen molar-refractivity contribution in [3.05, 3.63) is 42.4 Å². The quantitative estimate of drug-likeness (QED) is 0.929. The zero-order valence-corrected chi connectivity index (χ0v) is 11.6. The summed E-state index contributed by atoms with van der Waals surface area (Å²) in [6, 6.07) is 8.80. The normalized spacial score (nSPS) is 11.2. The van der Waals surface area contributed by atoms with Gasteiger partial charge in [0.1, 0.15) is 17.7 Å². The topological polar surface area (TPSA) is 72.3 Å². The van der Waals surface area contributed by atoms with Gasteiger partial charge in [-0.3, -0.25) is 0 Å². The van der Waals surface area contributed by atoms with Crippen molar-refractivity contribution in [3.8, 4) is 17.0 Å². The second-order valence-corrected chi connectivity index (χ2v) is 5.33. The van der Waals surface area contributed by atoms with Crippen LogP contribution in [0, 0.1) is 0 Å². The third-order valence-electron chi connectivity index (χ3n) is 2.46. The van der Waals surface area contributed by atoms with E-state index in [1.54, 1.807) is 0 Å². The van der Waals surface area contributed by atoms with Crippen molar-refractivity contribution >= 4 is 5.97 Å². The van der Waals surface area contributed by atoms with Crippen LogP contribution in [0.2, 0.25) is 0 Å². The van der Waals surface area contributed by atoms with E-state index in [4.69, 9.17) is 9.84 Å². The predicted octanol–water partition coefficient (Wildman–Crippen LogP) is 3.02. The van der Waals surface area contributed by atoms with Crippen LogP contribution in [0.1, 0.15) is 31.3 Å². The van der Waals surface area contributed by atoms with Crippen LogP contribution in [0.4, 0.5) is 0 Å². The van der Waals surface area contributed by atoms with Crippen LogP contribution in [0.25, 0.3) is 11.3 Å². The van der Waals surface area contributed by atoms with Crippen LogP contribution >= 0.6 is 0 Å². The van der Waals surface area contributed by atoms with E-state index in [2.05, 4.69) is 9.97 Å². The van der Waals surface area contributed by atoms with E-state index in [1.165, 1.54) is 12.4 Å². The van der Waals surface area contributed by atoms with Gasteiger partial charge in [0.2, 0.25) is 0 Å². The first-order valence-electron chi connectivity index (χ1n) is 6.20. The molecule has 1 heterocycles. The molecule has 0 saturated heterocycles. The highest BCUT2D eigenvalue weighted by Crippen LogP contribution is 2.23. The highest BCUT2D eigenvalue weighted by Gasteiger charge is 2.12. The Balaban J connectivity index is 2.26. The van der Waals surface area contributed by atoms with Crippen LogP contribution in [0.3, 0.4) is 0 Å². The number of aromatic carboxylic acids is 1. The summed E-state index contributed by atoms with van der Waals surface area (Å²) >= 11 is 0. The fraction of sp³-hybridized carbons (Fsp3) is 0.267. The zero-order valence-electron chi connectivity index (χ0n) is 11.6. The van der Waals surface area contributed by atoms with Gasteiger partial charge in [0.05, 0.1) is 5.69 Å². The first-order chi connectivity index (χ1) is 9.35. The highest BCUT2D eigenvalue weighted by molar-refractivity contribution is 5.86. The van der Waals surface area contributed by atoms with Crippen molar-refractivity contribution in [3.63, 3.8) is 0 Å². The minimum Gasteiger partial charge on any atom is -0.488 e. The van der Waals surface area contributed by atoms with Gasteiger partial charge in [0.25, 0.3) is 0 Å². The van der Waals surface area contributed by atoms with E-state index >= 15 is 0 Å². The summed E-state index contributed by atoms with van der Waals surface area (Å²) in [4.78, 5) is 18.7. The van der Waals surface area contributed by atoms with Gasteiger partial charge < -0.3 is 9.84 Å². The molecule has 5 heteroatoms. The fourth-order valence-electron chi connectivity index (χ4n) is 1.68. The standard InChI is InChI=1S/C15H16N2O3/c1-15(2,3)20-11-6-4-10(5-7-11)12-8-13(14(18)19)17-9-16-12/h4-9H,1-3H3,(H,18,19). The van der Waals surface area contributed by atoms with E-state index < -0.39 is 5.97 Å². The number of rotatable bonds is 3. The number of nitrogens with zero attached hydrogens (tertiary/aromatic N) is 2. The minimum absolute atomic E-state index is 0.0231. The van der Waals surface area contributed by atoms with Crippen LogP contribution < -0.4 is 4.74 Å². The average Bonchev–Trinajstić information content (AvgIpc) is 2.38. The van der Waals surface area contributed by atoms with Gasteiger partial charge in [-0.2, -0.15) is 0 Å². The molecule has 0 aliphatic rings. The van der Waals surface area contributed by atoms with Crippen LogP contribution in [0.15, 0.2) is 36.7 Å². The molecule has 0 bridgehead atoms. The Morgan fingerprint density at radius 2 is 1.80 bits per heavy atom. The molecule has 2 rings (SSSR count). The largest absolute Gasteiger partial charge is 0.488 e. The summed E-state index contributed by atoms with van der Waals surface area (Å²) in [6.07, 6.45) is 1.25. The van der Waals surface area contributed by atoms with Crippen LogP contribution in [0.5, 0.6) is 5.75 Å². The average molecular weight is 272 g/mol. The van der Waals surface area contributed by atoms with Crippen molar-refractivity contribution in [2.75, 3.05) is 0 Å². The third kappa shape index (κ3) is 3.54. The lowest BCUT2D eigenvalue weighted by molar-refractivity contribution is 0.0690. The van der Waals surface area contributed by atoms with Gasteiger partial charge in [-0.15, -0.1) is 0 Å². The Morgan fingerprint density at radius 1 is 1.15 bits per heavy atom. The maximum absolute atomic E-state index is 10.9. The number of carboxylic acids is 1. The molecule has 0 fully saturated rings. The first kappa shape index (κ1) is 14.0. The molecule has 0 radical (unpaired) electrons. The molecule has 20 heavy (non-hydrogen) atoms. The SMILES string of the molecule is CC(C)(C)Oc1ccc(-c2cc(C(=O)O)ncn2)cc1. The Morgan fingerprint density at radius 3 is 2.35 bits per heavy atom. The Hall–Kier alpha value is -2.43. The lowest BCUT2D eigenvalue weighted by Crippen LogP contribution is -2.22. The predicted molar refractivity (Wildman–Crippen MR) is 74.8 cm³/mol. The molecule has 1 aromatic heterocycles. The highest BCUT2D eigenvalue weighted by atomic mass is 16.5. The molecule has 1 N–H and O–H groups in total. The van der Waals surface area contributed by atoms with Crippen molar-refractivity contribution in [2.45, 2.75) is 26.4 Å². The van der Waals surface area contributed by atoms with E-state index in [1.807, 2.05) is 45.0 Å². The summed E-state index contributed by atoms with van der Waals surface area (Å²) in [5.74, 6) is -0.310. The summed E-state index contributed by atoms with van der Waals surface area (Å²) in [5, 5.41) is 8.92. The van der Waals surface area contributed by atoms with Gasteiger partial charge in [-0.25, -0.2) is 14.8 Å². The molecule has 0 unspecified atom stereocenters. The van der Waals surface area contributed by atoms with Crippen molar-refractivity contribution < 1.29 is 14.6 Å². The van der Waals surface area contributed by atoms with Crippen molar-refractivity contribution in [2.24, 2.45) is 0 Å². The van der Waals surface area contributed by atoms with E-state index in [0.717, 1.165) is 11.3 Å². The molecule has 0 saturated carbocycles. The number of carboxylic acid groups (broad SMARTS) is 1. The molecule has 5 nitrogen and oxygen atoms in total. The van der Waals surface area contributed by atoms with E-state index in [9.17, 15) is 4.79 Å². The Labute approximate surface area is 117 Å². The van der Waals surface area contributed by atoms with Crippen molar-refractivity contribution in [1.29, 1.82) is 0 Å². The van der Waals surface area contributed by atoms with Gasteiger partial charge in [-0.05, 0) is 51.1 Å². The second-order valence-electron chi connectivity index (χ2n) is 5.33. The Bertz CT molecular complexity index is 616. The maximum atomic E-state index is 10.9. The van der Waals surface area contributed by atoms with Gasteiger partial charge in [0.15, 0.2) is 5.69 Å². The van der Waals surface area contributed by atoms with E-state index in [-0.39, 0.29) is 11.3 Å². The molecule has 0 aliphatic heterocycles. The lowest BCUT2D eigenvalue weighted by Gasteiger charge is -2.21. The Kier molecular flexibility index (Phi) is 3.70. The lowest BCUT2D eigenvalue weighted by atomic mass is 10.1. The maximum Gasteiger partial charge on any atom is 0.354 e. The molecule has 0 atom stereocenters. The number of benzene rings is 1. The number of aromatic nitrogens is 2. The minimum atomic E-state index is -1.07. The van der Waals surface area contributed by atoms with Crippen LogP contribution in [-0.4, -0.2) is 26.6 Å². The smallest absolute Gasteiger partial charge is 0.354 e. The number of hydrogen-bond acceptors (Lipinski definition) is 4. The molecular weight excluding hydrogens is 256 g/mol. The molecule has 104 valence electrons. The molecule has 0 spiro atoms. The summed E-state index contributed by atoms with van der Waals surface area (Å²) < 4.78 is 5.73. The van der Waals surface area contributed by atoms with Gasteiger partial charge in [-0.1, -0.05) is 0 Å². The number of ether oxygens (including phenoxy) is 1. The zero-order chi connectivity index (χ0) is 14.8. The third-order valence-corrected chi connectivity index (χ3v) is 2.46. The van der Waals surface area contributed by atoms with Gasteiger partial charge >= 0.3 is 5.97 Å². The molecule has 0 aliphatic carbocycles. The summed E-state index contributed by atoms with van der Waals surface area (Å²) in [7, 11) is 0. The summed E-state index contributed by atoms with van der Waals surface area (Å²) in [6.45, 7) is 5.93. The van der Waals surface area contributed by atoms with E-state index in [0.29, 0.717) is 5.69 Å². The summed E-state index contributed by atoms with van der Waals surface area (Å²) in [5.41, 5.74) is 1.10. The van der Waals surface area contributed by atoms with Crippen molar-refractivity contribution in [1.82, 2.24) is 9.97 Å². The molecule has 2 aromatic rings. The molecule has 0 amide bonds. The fourth-order valence-corrected chi connectivity index (χ4v) is 1.68. The van der Waals surface area contributed by atoms with Gasteiger partial charge in [0, 0.05) is 5.56 Å². The molecular formula is C15H16N2O3. The number of hydrogen-bond donors (Lipinski definition) is 1. The number of carbonyl (C=O) groups is 1. The first-order valence-corrected chi connectivity index (χ1v) is 6.20. The molecule has 1 aromatic carbocycles. The monoisotopic (exact) mass is 272 g/mol. The second kappa shape index (κ2) is 5.28.